The Morgan fingerprint density at radius 1 is 0.963 bits per heavy atom. The monoisotopic (exact) mass is 359 g/mol. The Labute approximate surface area is 158 Å². The number of ketones is 1. The highest BCUT2D eigenvalue weighted by atomic mass is 16.1. The van der Waals surface area contributed by atoms with E-state index >= 15 is 0 Å². The molecule has 0 spiro atoms. The first-order chi connectivity index (χ1) is 13.0. The molecule has 0 aliphatic carbocycles. The van der Waals surface area contributed by atoms with Crippen molar-refractivity contribution in [1.29, 1.82) is 0 Å². The van der Waals surface area contributed by atoms with E-state index in [9.17, 15) is 9.59 Å². The quantitative estimate of drug-likeness (QED) is 0.645. The lowest BCUT2D eigenvalue weighted by Crippen LogP contribution is -2.23. The number of pyridine rings is 1. The van der Waals surface area contributed by atoms with Crippen molar-refractivity contribution >= 4 is 23.1 Å². The van der Waals surface area contributed by atoms with E-state index in [1.165, 1.54) is 12.5 Å². The molecule has 0 bridgehead atoms. The third kappa shape index (κ3) is 5.01. The number of nitrogens with zero attached hydrogens (tertiary/aromatic N) is 1. The van der Waals surface area contributed by atoms with Crippen LogP contribution in [0.5, 0.6) is 0 Å². The van der Waals surface area contributed by atoms with Gasteiger partial charge >= 0.3 is 0 Å². The Balaban J connectivity index is 1.67. The molecule has 0 unspecified atom stereocenters. The molecule has 0 aliphatic rings. The summed E-state index contributed by atoms with van der Waals surface area (Å²) in [6, 6.07) is 18.7. The van der Waals surface area contributed by atoms with Crippen molar-refractivity contribution in [2.24, 2.45) is 0 Å². The van der Waals surface area contributed by atoms with Crippen molar-refractivity contribution in [2.75, 3.05) is 5.32 Å². The van der Waals surface area contributed by atoms with Crippen molar-refractivity contribution in [3.63, 3.8) is 0 Å². The van der Waals surface area contributed by atoms with Crippen LogP contribution >= 0.6 is 0 Å². The molecule has 1 amide bonds. The van der Waals surface area contributed by atoms with Crippen LogP contribution in [0, 0.1) is 6.92 Å². The molecule has 0 saturated carbocycles. The van der Waals surface area contributed by atoms with Crippen molar-refractivity contribution in [2.45, 2.75) is 20.4 Å². The van der Waals surface area contributed by atoms with E-state index in [-0.39, 0.29) is 11.7 Å². The van der Waals surface area contributed by atoms with Gasteiger partial charge in [-0.3, -0.25) is 14.6 Å². The van der Waals surface area contributed by atoms with Gasteiger partial charge in [-0.2, -0.15) is 0 Å². The highest BCUT2D eigenvalue weighted by Crippen LogP contribution is 2.18. The number of benzene rings is 2. The number of aromatic nitrogens is 1. The van der Waals surface area contributed by atoms with E-state index in [2.05, 4.69) is 15.6 Å². The Hall–Kier alpha value is -3.47. The maximum absolute atomic E-state index is 12.4. The molecule has 2 N–H and O–H groups in total. The van der Waals surface area contributed by atoms with Gasteiger partial charge in [-0.25, -0.2) is 0 Å². The van der Waals surface area contributed by atoms with Crippen LogP contribution in [0.4, 0.5) is 11.4 Å². The van der Waals surface area contributed by atoms with Crippen LogP contribution in [-0.2, 0) is 6.54 Å². The maximum atomic E-state index is 12.4. The van der Waals surface area contributed by atoms with Gasteiger partial charge in [0.1, 0.15) is 5.69 Å². The molecule has 5 heteroatoms. The van der Waals surface area contributed by atoms with Gasteiger partial charge in [0, 0.05) is 29.7 Å². The summed E-state index contributed by atoms with van der Waals surface area (Å²) < 4.78 is 0. The van der Waals surface area contributed by atoms with E-state index < -0.39 is 0 Å². The third-order valence-electron chi connectivity index (χ3n) is 4.12. The topological polar surface area (TPSA) is 71.1 Å². The fourth-order valence-corrected chi connectivity index (χ4v) is 2.59. The minimum atomic E-state index is -0.239. The first kappa shape index (κ1) is 18.3. The van der Waals surface area contributed by atoms with Gasteiger partial charge in [0.2, 0.25) is 0 Å². The summed E-state index contributed by atoms with van der Waals surface area (Å²) in [5.41, 5.74) is 4.68. The van der Waals surface area contributed by atoms with Gasteiger partial charge in [0.25, 0.3) is 5.91 Å². The van der Waals surface area contributed by atoms with Crippen LogP contribution in [0.2, 0.25) is 0 Å². The highest BCUT2D eigenvalue weighted by Gasteiger charge is 2.08. The van der Waals surface area contributed by atoms with E-state index in [0.717, 1.165) is 16.9 Å². The molecule has 2 aromatic carbocycles. The molecule has 0 aliphatic heterocycles. The molecule has 1 heterocycles. The minimum Gasteiger partial charge on any atom is -0.355 e. The Bertz CT molecular complexity index is 965. The number of rotatable bonds is 6. The number of amides is 1. The minimum absolute atomic E-state index is 0.00421. The lowest BCUT2D eigenvalue weighted by atomic mass is 10.1. The summed E-state index contributed by atoms with van der Waals surface area (Å²) in [6.45, 7) is 4.00. The first-order valence-corrected chi connectivity index (χ1v) is 8.69. The zero-order valence-electron chi connectivity index (χ0n) is 15.3. The molecule has 0 saturated heterocycles. The first-order valence-electron chi connectivity index (χ1n) is 8.69. The summed E-state index contributed by atoms with van der Waals surface area (Å²) >= 11 is 0. The molecule has 5 nitrogen and oxygen atoms in total. The van der Waals surface area contributed by atoms with Crippen molar-refractivity contribution in [3.8, 4) is 0 Å². The average Bonchev–Trinajstić information content (AvgIpc) is 2.67. The maximum Gasteiger partial charge on any atom is 0.270 e. The lowest BCUT2D eigenvalue weighted by molar-refractivity contribution is 0.0945. The summed E-state index contributed by atoms with van der Waals surface area (Å²) in [7, 11) is 0. The Kier molecular flexibility index (Phi) is 5.61. The molecule has 0 atom stereocenters. The van der Waals surface area contributed by atoms with Crippen LogP contribution in [0.1, 0.15) is 38.9 Å². The molecule has 3 rings (SSSR count). The van der Waals surface area contributed by atoms with Gasteiger partial charge in [-0.15, -0.1) is 0 Å². The van der Waals surface area contributed by atoms with Gasteiger partial charge in [-0.1, -0.05) is 42.0 Å². The molecule has 136 valence electrons. The van der Waals surface area contributed by atoms with E-state index in [4.69, 9.17) is 0 Å². The van der Waals surface area contributed by atoms with Crippen molar-refractivity contribution in [1.82, 2.24) is 10.3 Å². The average molecular weight is 359 g/mol. The van der Waals surface area contributed by atoms with Crippen molar-refractivity contribution in [3.05, 3.63) is 89.2 Å². The number of anilines is 2. The normalized spacial score (nSPS) is 10.3. The fraction of sp³-hybridized carbons (Fsp3) is 0.136. The molecule has 27 heavy (non-hydrogen) atoms. The molecule has 0 radical (unpaired) electrons. The number of aryl methyl sites for hydroxylation is 1. The van der Waals surface area contributed by atoms with Gasteiger partial charge in [0.15, 0.2) is 5.78 Å². The lowest BCUT2D eigenvalue weighted by Gasteiger charge is -2.09. The smallest absolute Gasteiger partial charge is 0.270 e. The van der Waals surface area contributed by atoms with Gasteiger partial charge in [-0.05, 0) is 43.7 Å². The standard InChI is InChI=1S/C22H21N3O2/c1-15-6-8-17(9-7-15)14-24-22(27)21-13-20(10-11-23-21)25-19-5-3-4-18(12-19)16(2)26/h3-13H,14H2,1-2H3,(H,23,25)(H,24,27). The molecular weight excluding hydrogens is 338 g/mol. The second kappa shape index (κ2) is 8.27. The van der Waals surface area contributed by atoms with Gasteiger partial charge in [0.05, 0.1) is 0 Å². The largest absolute Gasteiger partial charge is 0.355 e. The van der Waals surface area contributed by atoms with Crippen LogP contribution in [0.15, 0.2) is 66.9 Å². The Morgan fingerprint density at radius 3 is 2.44 bits per heavy atom. The molecule has 3 aromatic rings. The number of carbonyl (C=O) groups excluding carboxylic acids is 2. The predicted molar refractivity (Wildman–Crippen MR) is 106 cm³/mol. The summed E-state index contributed by atoms with van der Waals surface area (Å²) in [5, 5.41) is 6.08. The zero-order chi connectivity index (χ0) is 19.2. The number of Topliss-reactive ketones (excluding diaryl/α,β-unsaturated/α-hetero) is 1. The highest BCUT2D eigenvalue weighted by molar-refractivity contribution is 5.95. The zero-order valence-corrected chi connectivity index (χ0v) is 15.3. The van der Waals surface area contributed by atoms with Gasteiger partial charge < -0.3 is 10.6 Å². The van der Waals surface area contributed by atoms with E-state index in [1.54, 1.807) is 30.5 Å². The Morgan fingerprint density at radius 2 is 1.70 bits per heavy atom. The SMILES string of the molecule is CC(=O)c1cccc(Nc2ccnc(C(=O)NCc3ccc(C)cc3)c2)c1. The second-order valence-electron chi connectivity index (χ2n) is 6.36. The summed E-state index contributed by atoms with van der Waals surface area (Å²) in [6.07, 6.45) is 1.58. The molecular formula is C22H21N3O2. The van der Waals surface area contributed by atoms with Crippen molar-refractivity contribution < 1.29 is 9.59 Å². The summed E-state index contributed by atoms with van der Waals surface area (Å²) in [5.74, 6) is -0.235. The van der Waals surface area contributed by atoms with E-state index in [0.29, 0.717) is 17.8 Å². The second-order valence-corrected chi connectivity index (χ2v) is 6.36. The van der Waals surface area contributed by atoms with Crippen LogP contribution < -0.4 is 10.6 Å². The molecule has 0 fully saturated rings. The summed E-state index contributed by atoms with van der Waals surface area (Å²) in [4.78, 5) is 28.0. The van der Waals surface area contributed by atoms with Crippen LogP contribution in [-0.4, -0.2) is 16.7 Å². The van der Waals surface area contributed by atoms with Crippen LogP contribution in [0.25, 0.3) is 0 Å². The fourth-order valence-electron chi connectivity index (χ4n) is 2.59. The number of nitrogens with one attached hydrogen (secondary N) is 2. The number of carbonyl (C=O) groups is 2. The molecule has 1 aromatic heterocycles. The van der Waals surface area contributed by atoms with Crippen LogP contribution in [0.3, 0.4) is 0 Å². The number of hydrogen-bond acceptors (Lipinski definition) is 4. The number of hydrogen-bond donors (Lipinski definition) is 2. The third-order valence-corrected chi connectivity index (χ3v) is 4.12. The predicted octanol–water partition coefficient (Wildman–Crippen LogP) is 4.27. The van der Waals surface area contributed by atoms with E-state index in [1.807, 2.05) is 43.3 Å².